The monoisotopic (exact) mass is 316 g/mol. The topological polar surface area (TPSA) is 35.5 Å². The number of hydrogen-bond donors (Lipinski definition) is 0. The lowest BCUT2D eigenvalue weighted by molar-refractivity contribution is 0.193. The Balaban J connectivity index is 1.98. The second-order valence-electron chi connectivity index (χ2n) is 4.88. The van der Waals surface area contributed by atoms with Crippen LogP contribution < -0.4 is 0 Å². The van der Waals surface area contributed by atoms with Crippen LogP contribution >= 0.6 is 7.60 Å². The molecule has 0 aromatic heterocycles. The van der Waals surface area contributed by atoms with Gasteiger partial charge in [-0.25, -0.2) is 0 Å². The summed E-state index contributed by atoms with van der Waals surface area (Å²) in [7, 11) is -3.15. The zero-order chi connectivity index (χ0) is 15.7. The summed E-state index contributed by atoms with van der Waals surface area (Å²) in [6.07, 6.45) is 3.95. The van der Waals surface area contributed by atoms with Crippen molar-refractivity contribution in [1.29, 1.82) is 0 Å². The van der Waals surface area contributed by atoms with Gasteiger partial charge in [0.25, 0.3) is 0 Å². The Kier molecular flexibility index (Phi) is 6.60. The van der Waals surface area contributed by atoms with Crippen molar-refractivity contribution in [2.24, 2.45) is 0 Å². The van der Waals surface area contributed by atoms with Gasteiger partial charge in [-0.05, 0) is 18.1 Å². The van der Waals surface area contributed by atoms with E-state index in [4.69, 9.17) is 9.05 Å². The highest BCUT2D eigenvalue weighted by molar-refractivity contribution is 7.54. The van der Waals surface area contributed by atoms with Crippen LogP contribution in [0.15, 0.2) is 72.8 Å². The van der Waals surface area contributed by atoms with Crippen LogP contribution in [-0.4, -0.2) is 6.16 Å². The van der Waals surface area contributed by atoms with E-state index in [0.29, 0.717) is 0 Å². The molecule has 2 aromatic carbocycles. The Hall–Kier alpha value is -1.67. The number of rotatable bonds is 8. The maximum Gasteiger partial charge on any atom is 0.335 e. The van der Waals surface area contributed by atoms with Gasteiger partial charge < -0.3 is 9.05 Å². The molecule has 0 amide bonds. The van der Waals surface area contributed by atoms with Gasteiger partial charge in [-0.3, -0.25) is 4.57 Å². The fraction of sp³-hybridized carbons (Fsp3) is 0.222. The normalized spacial score (nSPS) is 11.9. The van der Waals surface area contributed by atoms with Crippen molar-refractivity contribution in [3.8, 4) is 0 Å². The van der Waals surface area contributed by atoms with Gasteiger partial charge in [0.2, 0.25) is 0 Å². The summed E-state index contributed by atoms with van der Waals surface area (Å²) in [5.74, 6) is 0. The van der Waals surface area contributed by atoms with Crippen molar-refractivity contribution in [2.45, 2.75) is 20.1 Å². The predicted molar refractivity (Wildman–Crippen MR) is 89.7 cm³/mol. The zero-order valence-electron chi connectivity index (χ0n) is 12.7. The molecule has 0 aliphatic rings. The summed E-state index contributed by atoms with van der Waals surface area (Å²) in [5, 5.41) is 0. The Morgan fingerprint density at radius 3 is 1.73 bits per heavy atom. The molecule has 116 valence electrons. The molecule has 0 heterocycles. The Bertz CT molecular complexity index is 576. The van der Waals surface area contributed by atoms with E-state index in [1.165, 1.54) is 0 Å². The third-order valence-electron chi connectivity index (χ3n) is 3.11. The first kappa shape index (κ1) is 16.7. The van der Waals surface area contributed by atoms with Crippen molar-refractivity contribution in [2.75, 3.05) is 6.16 Å². The van der Waals surface area contributed by atoms with Gasteiger partial charge >= 0.3 is 7.60 Å². The Morgan fingerprint density at radius 1 is 0.864 bits per heavy atom. The minimum absolute atomic E-state index is 0.281. The smallest absolute Gasteiger partial charge is 0.304 e. The number of allylic oxidation sites excluding steroid dienone is 2. The van der Waals surface area contributed by atoms with Crippen molar-refractivity contribution in [1.82, 2.24) is 0 Å². The molecular formula is C18H21O3P. The maximum atomic E-state index is 12.8. The van der Waals surface area contributed by atoms with Gasteiger partial charge in [-0.2, -0.15) is 0 Å². The van der Waals surface area contributed by atoms with Crippen LogP contribution in [0.3, 0.4) is 0 Å². The molecule has 0 bridgehead atoms. The second kappa shape index (κ2) is 8.70. The quantitative estimate of drug-likeness (QED) is 0.496. The fourth-order valence-corrected chi connectivity index (χ4v) is 3.32. The van der Waals surface area contributed by atoms with E-state index in [1.54, 1.807) is 0 Å². The van der Waals surface area contributed by atoms with Gasteiger partial charge in [-0.15, -0.1) is 0 Å². The molecule has 0 saturated carbocycles. The molecule has 3 nitrogen and oxygen atoms in total. The largest absolute Gasteiger partial charge is 0.335 e. The van der Waals surface area contributed by atoms with E-state index < -0.39 is 7.60 Å². The van der Waals surface area contributed by atoms with Gasteiger partial charge in [0, 0.05) is 0 Å². The van der Waals surface area contributed by atoms with Crippen LogP contribution in [0.5, 0.6) is 0 Å². The molecule has 0 spiro atoms. The van der Waals surface area contributed by atoms with Crippen molar-refractivity contribution >= 4 is 7.60 Å². The molecule has 0 unspecified atom stereocenters. The van der Waals surface area contributed by atoms with Crippen LogP contribution in [0.2, 0.25) is 0 Å². The van der Waals surface area contributed by atoms with E-state index in [9.17, 15) is 4.57 Å². The minimum Gasteiger partial charge on any atom is -0.304 e. The fourth-order valence-electron chi connectivity index (χ4n) is 1.87. The van der Waals surface area contributed by atoms with Gasteiger partial charge in [0.1, 0.15) is 0 Å². The van der Waals surface area contributed by atoms with Gasteiger partial charge in [-0.1, -0.05) is 72.8 Å². The van der Waals surface area contributed by atoms with Gasteiger partial charge in [0.05, 0.1) is 19.4 Å². The minimum atomic E-state index is -3.15. The lowest BCUT2D eigenvalue weighted by Gasteiger charge is -2.17. The van der Waals surface area contributed by atoms with Crippen molar-refractivity contribution in [3.05, 3.63) is 83.9 Å². The molecule has 0 radical (unpaired) electrons. The molecular weight excluding hydrogens is 295 g/mol. The molecule has 0 aliphatic heterocycles. The summed E-state index contributed by atoms with van der Waals surface area (Å²) >= 11 is 0. The first-order chi connectivity index (χ1) is 10.7. The Morgan fingerprint density at radius 2 is 1.32 bits per heavy atom. The highest BCUT2D eigenvalue weighted by Gasteiger charge is 2.23. The first-order valence-corrected chi connectivity index (χ1v) is 9.02. The van der Waals surface area contributed by atoms with E-state index >= 15 is 0 Å². The lowest BCUT2D eigenvalue weighted by atomic mass is 10.2. The molecule has 2 rings (SSSR count). The Labute approximate surface area is 132 Å². The average Bonchev–Trinajstić information content (AvgIpc) is 2.59. The summed E-state index contributed by atoms with van der Waals surface area (Å²) in [6, 6.07) is 19.4. The molecule has 22 heavy (non-hydrogen) atoms. The third-order valence-corrected chi connectivity index (χ3v) is 4.81. The SMILES string of the molecule is CC=CCP(=O)(OCc1ccccc1)OCc1ccccc1. The van der Waals surface area contributed by atoms with Gasteiger partial charge in [0.15, 0.2) is 0 Å². The molecule has 2 aromatic rings. The molecule has 0 atom stereocenters. The van der Waals surface area contributed by atoms with Crippen LogP contribution in [0.4, 0.5) is 0 Å². The molecule has 0 aliphatic carbocycles. The van der Waals surface area contributed by atoms with Crippen molar-refractivity contribution < 1.29 is 13.6 Å². The zero-order valence-corrected chi connectivity index (χ0v) is 13.6. The van der Waals surface area contributed by atoms with E-state index in [-0.39, 0.29) is 19.4 Å². The summed E-state index contributed by atoms with van der Waals surface area (Å²) in [6.45, 7) is 2.45. The number of hydrogen-bond acceptors (Lipinski definition) is 3. The van der Waals surface area contributed by atoms with Crippen LogP contribution in [-0.2, 0) is 26.8 Å². The highest BCUT2D eigenvalue weighted by atomic mass is 31.2. The molecule has 0 N–H and O–H groups in total. The van der Waals surface area contributed by atoms with Crippen molar-refractivity contribution in [3.63, 3.8) is 0 Å². The third kappa shape index (κ3) is 5.61. The first-order valence-electron chi connectivity index (χ1n) is 7.29. The van der Waals surface area contributed by atoms with Crippen LogP contribution in [0, 0.1) is 0 Å². The number of benzene rings is 2. The maximum absolute atomic E-state index is 12.8. The summed E-state index contributed by atoms with van der Waals surface area (Å²) in [5.41, 5.74) is 1.96. The average molecular weight is 316 g/mol. The van der Waals surface area contributed by atoms with Crippen LogP contribution in [0.1, 0.15) is 18.1 Å². The predicted octanol–water partition coefficient (Wildman–Crippen LogP) is 5.19. The second-order valence-corrected chi connectivity index (χ2v) is 6.98. The van der Waals surface area contributed by atoms with E-state index in [0.717, 1.165) is 11.1 Å². The van der Waals surface area contributed by atoms with Crippen LogP contribution in [0.25, 0.3) is 0 Å². The standard InChI is InChI=1S/C18H21O3P/c1-2-3-14-22(19,20-15-17-10-6-4-7-11-17)21-16-18-12-8-5-9-13-18/h2-13H,14-16H2,1H3. The summed E-state index contributed by atoms with van der Waals surface area (Å²) in [4.78, 5) is 0. The van der Waals surface area contributed by atoms with E-state index in [1.807, 2.05) is 79.7 Å². The molecule has 0 saturated heterocycles. The highest BCUT2D eigenvalue weighted by Crippen LogP contribution is 2.49. The lowest BCUT2D eigenvalue weighted by Crippen LogP contribution is -2.00. The van der Waals surface area contributed by atoms with E-state index in [2.05, 4.69) is 0 Å². The molecule has 0 fully saturated rings. The summed E-state index contributed by atoms with van der Waals surface area (Å²) < 4.78 is 24.1. The molecule has 4 heteroatoms.